The molecule has 0 radical (unpaired) electrons. The fourth-order valence-electron chi connectivity index (χ4n) is 2.30. The highest BCUT2D eigenvalue weighted by Crippen LogP contribution is 2.19. The van der Waals surface area contributed by atoms with Crippen LogP contribution < -0.4 is 10.6 Å². The molecule has 1 heterocycles. The standard InChI is InChI=1S/C19H22ClN3O2/c1-3-12-21-18(24)15(4-2)23-19(25)17-7-5-6-16(22-17)13-8-10-14(20)11-9-13/h5-11,15H,3-4,12H2,1-2H3,(H,21,24)(H,23,25). The molecule has 132 valence electrons. The molecule has 1 atom stereocenters. The number of halogens is 1. The number of nitrogens with one attached hydrogen (secondary N) is 2. The Kier molecular flexibility index (Phi) is 6.95. The van der Waals surface area contributed by atoms with Crippen molar-refractivity contribution in [2.24, 2.45) is 0 Å². The molecule has 5 nitrogen and oxygen atoms in total. The van der Waals surface area contributed by atoms with Crippen molar-refractivity contribution in [3.8, 4) is 11.3 Å². The smallest absolute Gasteiger partial charge is 0.270 e. The fourth-order valence-corrected chi connectivity index (χ4v) is 2.43. The Bertz CT molecular complexity index is 732. The van der Waals surface area contributed by atoms with Crippen molar-refractivity contribution in [3.05, 3.63) is 53.2 Å². The highest BCUT2D eigenvalue weighted by molar-refractivity contribution is 6.30. The zero-order valence-electron chi connectivity index (χ0n) is 14.4. The minimum atomic E-state index is -0.569. The fraction of sp³-hybridized carbons (Fsp3) is 0.316. The maximum atomic E-state index is 12.5. The molecule has 0 aliphatic carbocycles. The van der Waals surface area contributed by atoms with Gasteiger partial charge in [0, 0.05) is 17.1 Å². The van der Waals surface area contributed by atoms with E-state index >= 15 is 0 Å². The highest BCUT2D eigenvalue weighted by atomic mass is 35.5. The van der Waals surface area contributed by atoms with Crippen molar-refractivity contribution in [3.63, 3.8) is 0 Å². The van der Waals surface area contributed by atoms with Crippen LogP contribution in [-0.4, -0.2) is 29.4 Å². The number of hydrogen-bond acceptors (Lipinski definition) is 3. The molecule has 2 rings (SSSR count). The molecule has 2 N–H and O–H groups in total. The van der Waals surface area contributed by atoms with Crippen molar-refractivity contribution in [1.29, 1.82) is 0 Å². The molecule has 0 aliphatic rings. The van der Waals surface area contributed by atoms with Crippen LogP contribution in [0.2, 0.25) is 5.02 Å². The molecule has 1 aromatic carbocycles. The maximum absolute atomic E-state index is 12.5. The molecule has 1 unspecified atom stereocenters. The van der Waals surface area contributed by atoms with Crippen molar-refractivity contribution < 1.29 is 9.59 Å². The molecule has 6 heteroatoms. The predicted octanol–water partition coefficient (Wildman–Crippen LogP) is 3.44. The Morgan fingerprint density at radius 2 is 1.84 bits per heavy atom. The van der Waals surface area contributed by atoms with E-state index in [0.717, 1.165) is 12.0 Å². The van der Waals surface area contributed by atoms with E-state index in [4.69, 9.17) is 11.6 Å². The van der Waals surface area contributed by atoms with Crippen LogP contribution in [0, 0.1) is 0 Å². The first kappa shape index (κ1) is 18.9. The van der Waals surface area contributed by atoms with E-state index in [9.17, 15) is 9.59 Å². The molecule has 2 amide bonds. The summed E-state index contributed by atoms with van der Waals surface area (Å²) in [5.41, 5.74) is 1.81. The van der Waals surface area contributed by atoms with E-state index < -0.39 is 6.04 Å². The largest absolute Gasteiger partial charge is 0.354 e. The lowest BCUT2D eigenvalue weighted by Crippen LogP contribution is -2.46. The average molecular weight is 360 g/mol. The third-order valence-corrected chi connectivity index (χ3v) is 3.95. The number of rotatable bonds is 7. The van der Waals surface area contributed by atoms with E-state index in [0.29, 0.717) is 23.7 Å². The summed E-state index contributed by atoms with van der Waals surface area (Å²) in [6.45, 7) is 4.43. The first-order valence-electron chi connectivity index (χ1n) is 8.36. The Morgan fingerprint density at radius 3 is 2.48 bits per heavy atom. The molecule has 2 aromatic rings. The Hall–Kier alpha value is -2.40. The van der Waals surface area contributed by atoms with Gasteiger partial charge in [0.15, 0.2) is 0 Å². The number of amides is 2. The minimum absolute atomic E-state index is 0.174. The topological polar surface area (TPSA) is 71.1 Å². The van der Waals surface area contributed by atoms with E-state index in [1.165, 1.54) is 0 Å². The average Bonchev–Trinajstić information content (AvgIpc) is 2.64. The van der Waals surface area contributed by atoms with Crippen LogP contribution in [-0.2, 0) is 4.79 Å². The summed E-state index contributed by atoms with van der Waals surface area (Å²) in [5, 5.41) is 6.18. The lowest BCUT2D eigenvalue weighted by molar-refractivity contribution is -0.123. The maximum Gasteiger partial charge on any atom is 0.270 e. The van der Waals surface area contributed by atoms with Gasteiger partial charge in [0.2, 0.25) is 5.91 Å². The summed E-state index contributed by atoms with van der Waals surface area (Å²) in [7, 11) is 0. The second-order valence-electron chi connectivity index (χ2n) is 5.64. The van der Waals surface area contributed by atoms with Crippen LogP contribution in [0.4, 0.5) is 0 Å². The number of carbonyl (C=O) groups excluding carboxylic acids is 2. The summed E-state index contributed by atoms with van der Waals surface area (Å²) < 4.78 is 0. The van der Waals surface area contributed by atoms with Crippen LogP contribution in [0.5, 0.6) is 0 Å². The van der Waals surface area contributed by atoms with Gasteiger partial charge in [-0.25, -0.2) is 4.98 Å². The van der Waals surface area contributed by atoms with Gasteiger partial charge in [-0.2, -0.15) is 0 Å². The van der Waals surface area contributed by atoms with Crippen LogP contribution in [0.1, 0.15) is 37.2 Å². The molecular formula is C19H22ClN3O2. The normalized spacial score (nSPS) is 11.6. The first-order chi connectivity index (χ1) is 12.0. The Morgan fingerprint density at radius 1 is 1.12 bits per heavy atom. The zero-order valence-corrected chi connectivity index (χ0v) is 15.1. The Labute approximate surface area is 152 Å². The first-order valence-corrected chi connectivity index (χ1v) is 8.74. The van der Waals surface area contributed by atoms with Gasteiger partial charge in [0.1, 0.15) is 11.7 Å². The van der Waals surface area contributed by atoms with Gasteiger partial charge in [0.05, 0.1) is 5.69 Å². The zero-order chi connectivity index (χ0) is 18.2. The highest BCUT2D eigenvalue weighted by Gasteiger charge is 2.20. The van der Waals surface area contributed by atoms with Crippen LogP contribution in [0.3, 0.4) is 0 Å². The summed E-state index contributed by atoms with van der Waals surface area (Å²) in [5.74, 6) is -0.541. The van der Waals surface area contributed by atoms with E-state index in [1.807, 2.05) is 32.0 Å². The summed E-state index contributed by atoms with van der Waals surface area (Å²) in [4.78, 5) is 28.9. The van der Waals surface area contributed by atoms with Crippen LogP contribution in [0.25, 0.3) is 11.3 Å². The predicted molar refractivity (Wildman–Crippen MR) is 99.5 cm³/mol. The van der Waals surface area contributed by atoms with E-state index in [2.05, 4.69) is 15.6 Å². The molecule has 0 saturated carbocycles. The van der Waals surface area contributed by atoms with Crippen LogP contribution in [0.15, 0.2) is 42.5 Å². The molecule has 25 heavy (non-hydrogen) atoms. The molecule has 0 spiro atoms. The summed E-state index contributed by atoms with van der Waals surface area (Å²) in [6, 6.07) is 11.9. The van der Waals surface area contributed by atoms with Crippen LogP contribution >= 0.6 is 11.6 Å². The molecule has 0 bridgehead atoms. The second kappa shape index (κ2) is 9.18. The Balaban J connectivity index is 2.12. The van der Waals surface area contributed by atoms with Gasteiger partial charge in [-0.1, -0.05) is 43.6 Å². The van der Waals surface area contributed by atoms with Gasteiger partial charge in [-0.05, 0) is 37.1 Å². The van der Waals surface area contributed by atoms with Gasteiger partial charge >= 0.3 is 0 Å². The second-order valence-corrected chi connectivity index (χ2v) is 6.08. The number of nitrogens with zero attached hydrogens (tertiary/aromatic N) is 1. The number of pyridine rings is 1. The number of aromatic nitrogens is 1. The molecular weight excluding hydrogens is 338 g/mol. The van der Waals surface area contributed by atoms with E-state index in [1.54, 1.807) is 24.3 Å². The third-order valence-electron chi connectivity index (χ3n) is 3.70. The van der Waals surface area contributed by atoms with E-state index in [-0.39, 0.29) is 17.5 Å². The lowest BCUT2D eigenvalue weighted by Gasteiger charge is -2.16. The van der Waals surface area contributed by atoms with Crippen molar-refractivity contribution in [2.45, 2.75) is 32.7 Å². The van der Waals surface area contributed by atoms with Crippen molar-refractivity contribution >= 4 is 23.4 Å². The van der Waals surface area contributed by atoms with Gasteiger partial charge in [-0.3, -0.25) is 9.59 Å². The number of benzene rings is 1. The molecule has 1 aromatic heterocycles. The lowest BCUT2D eigenvalue weighted by atomic mass is 10.1. The SMILES string of the molecule is CCCNC(=O)C(CC)NC(=O)c1cccc(-c2ccc(Cl)cc2)n1. The molecule has 0 saturated heterocycles. The van der Waals surface area contributed by atoms with Crippen molar-refractivity contribution in [1.82, 2.24) is 15.6 Å². The minimum Gasteiger partial charge on any atom is -0.354 e. The quantitative estimate of drug-likeness (QED) is 0.795. The van der Waals surface area contributed by atoms with Gasteiger partial charge in [-0.15, -0.1) is 0 Å². The van der Waals surface area contributed by atoms with Crippen molar-refractivity contribution in [2.75, 3.05) is 6.54 Å². The number of carbonyl (C=O) groups is 2. The van der Waals surface area contributed by atoms with Gasteiger partial charge in [0.25, 0.3) is 5.91 Å². The molecule has 0 aliphatic heterocycles. The summed E-state index contributed by atoms with van der Waals surface area (Å²) >= 11 is 5.90. The third kappa shape index (κ3) is 5.29. The molecule has 0 fully saturated rings. The monoisotopic (exact) mass is 359 g/mol. The number of hydrogen-bond donors (Lipinski definition) is 2. The summed E-state index contributed by atoms with van der Waals surface area (Å²) in [6.07, 6.45) is 1.36. The van der Waals surface area contributed by atoms with Gasteiger partial charge < -0.3 is 10.6 Å².